The fourth-order valence-corrected chi connectivity index (χ4v) is 5.41. The van der Waals surface area contributed by atoms with Gasteiger partial charge in [-0.15, -0.1) is 0 Å². The number of aliphatic hydroxyl groups excluding tert-OH is 4. The lowest BCUT2D eigenvalue weighted by molar-refractivity contribution is 0.0969. The molecule has 0 bridgehead atoms. The largest absolute Gasteiger partial charge is 0.490 e. The van der Waals surface area contributed by atoms with E-state index >= 15 is 0 Å². The number of carbonyl (C=O) groups excluding carboxylic acids is 4. The molecular formula is C34H28Cl2O10. The molecule has 4 N–H and O–H groups in total. The highest BCUT2D eigenvalue weighted by Crippen LogP contribution is 2.37. The lowest BCUT2D eigenvalue weighted by Crippen LogP contribution is -2.23. The molecule has 0 spiro atoms. The maximum absolute atomic E-state index is 12.9. The number of fused-ring (bicyclic) bond motifs is 4. The lowest BCUT2D eigenvalue weighted by atomic mass is 9.83. The van der Waals surface area contributed by atoms with E-state index in [-0.39, 0.29) is 118 Å². The highest BCUT2D eigenvalue weighted by Gasteiger charge is 2.35. The van der Waals surface area contributed by atoms with Crippen LogP contribution in [0.4, 0.5) is 0 Å². The molecule has 0 amide bonds. The molecule has 4 aromatic rings. The minimum absolute atomic E-state index is 0.0322. The Labute approximate surface area is 273 Å². The van der Waals surface area contributed by atoms with E-state index in [1.54, 1.807) is 72.8 Å². The molecule has 10 nitrogen and oxygen atoms in total. The summed E-state index contributed by atoms with van der Waals surface area (Å²) in [6, 6.07) is 19.2. The van der Waals surface area contributed by atoms with Gasteiger partial charge in [0.1, 0.15) is 24.7 Å². The molecule has 2 aliphatic carbocycles. The monoisotopic (exact) mass is 666 g/mol. The molecule has 0 aliphatic heterocycles. The molecule has 0 heterocycles. The fourth-order valence-electron chi connectivity index (χ4n) is 4.89. The topological polar surface area (TPSA) is 168 Å². The summed E-state index contributed by atoms with van der Waals surface area (Å²) < 4.78 is 10.8. The molecule has 12 heteroatoms. The maximum atomic E-state index is 12.9. The maximum Gasteiger partial charge on any atom is 0.198 e. The molecule has 0 saturated heterocycles. The minimum atomic E-state index is -0.331. The van der Waals surface area contributed by atoms with Crippen molar-refractivity contribution in [3.63, 3.8) is 0 Å². The molecule has 0 saturated carbocycles. The van der Waals surface area contributed by atoms with Gasteiger partial charge in [0.05, 0.1) is 58.7 Å². The second kappa shape index (κ2) is 15.7. The summed E-state index contributed by atoms with van der Waals surface area (Å²) in [6.07, 6.45) is 0. The number of aliphatic hydroxyl groups is 4. The smallest absolute Gasteiger partial charge is 0.198 e. The number of rotatable bonds is 7. The number of hydrogen-bond acceptors (Lipinski definition) is 10. The van der Waals surface area contributed by atoms with E-state index in [9.17, 15) is 19.2 Å². The highest BCUT2D eigenvalue weighted by molar-refractivity contribution is 6.42. The van der Waals surface area contributed by atoms with Gasteiger partial charge in [-0.3, -0.25) is 19.2 Å². The summed E-state index contributed by atoms with van der Waals surface area (Å²) in [5.74, 6) is -0.634. The Kier molecular flexibility index (Phi) is 11.8. The van der Waals surface area contributed by atoms with Crippen LogP contribution >= 0.6 is 23.2 Å². The summed E-state index contributed by atoms with van der Waals surface area (Å²) >= 11 is 12.0. The van der Waals surface area contributed by atoms with Crippen LogP contribution in [0.5, 0.6) is 11.5 Å². The summed E-state index contributed by atoms with van der Waals surface area (Å²) in [7, 11) is 0. The summed E-state index contributed by atoms with van der Waals surface area (Å²) in [4.78, 5) is 50.4. The van der Waals surface area contributed by atoms with E-state index in [0.717, 1.165) is 0 Å². The van der Waals surface area contributed by atoms with Gasteiger partial charge in [0.15, 0.2) is 23.1 Å². The normalized spacial score (nSPS) is 12.4. The minimum Gasteiger partial charge on any atom is -0.490 e. The van der Waals surface area contributed by atoms with Crippen molar-refractivity contribution in [3.05, 3.63) is 127 Å². The SMILES string of the molecule is O=C1c2cccc(Cl)c2C(=O)c2cccc(Cl)c21.O=C1c2cccc(OCCO)c2C(=O)c2cccc(OCCO)c21.OCCO. The average Bonchev–Trinajstić information content (AvgIpc) is 3.07. The molecule has 0 radical (unpaired) electrons. The number of benzene rings is 4. The van der Waals surface area contributed by atoms with E-state index in [0.29, 0.717) is 11.1 Å². The first-order valence-electron chi connectivity index (χ1n) is 13.9. The van der Waals surface area contributed by atoms with Crippen LogP contribution in [0.1, 0.15) is 63.7 Å². The number of hydrogen-bond donors (Lipinski definition) is 4. The molecule has 46 heavy (non-hydrogen) atoms. The van der Waals surface area contributed by atoms with Crippen molar-refractivity contribution in [2.24, 2.45) is 0 Å². The van der Waals surface area contributed by atoms with Gasteiger partial charge in [-0.2, -0.15) is 0 Å². The molecule has 238 valence electrons. The zero-order valence-corrected chi connectivity index (χ0v) is 25.7. The number of halogens is 2. The van der Waals surface area contributed by atoms with Crippen molar-refractivity contribution in [1.29, 1.82) is 0 Å². The molecule has 0 aromatic heterocycles. The average molecular weight is 667 g/mol. The third-order valence-corrected chi connectivity index (χ3v) is 7.39. The zero-order valence-electron chi connectivity index (χ0n) is 24.2. The molecule has 0 unspecified atom stereocenters. The molecule has 6 rings (SSSR count). The first-order valence-corrected chi connectivity index (χ1v) is 14.7. The van der Waals surface area contributed by atoms with E-state index in [1.807, 2.05) is 0 Å². The Bertz CT molecular complexity index is 1670. The van der Waals surface area contributed by atoms with Gasteiger partial charge in [0, 0.05) is 22.3 Å². The van der Waals surface area contributed by atoms with E-state index in [1.165, 1.54) is 0 Å². The second-order valence-electron chi connectivity index (χ2n) is 9.59. The fraction of sp³-hybridized carbons (Fsp3) is 0.176. The van der Waals surface area contributed by atoms with E-state index in [4.69, 9.17) is 53.1 Å². The van der Waals surface area contributed by atoms with Crippen molar-refractivity contribution in [1.82, 2.24) is 0 Å². The molecule has 0 fully saturated rings. The standard InChI is InChI=1S/C18H16O6.C14H6Cl2O2.C2H6O2/c19-7-9-23-13-5-1-3-11-15(13)18(22)12-4-2-6-14(24-10-8-20)16(12)17(11)21;15-9-5-1-3-7-11(9)14(18)8-4-2-6-10(16)12(8)13(7)17;3-1-2-4/h1-6,19-20H,7-10H2;1-6H;3-4H,1-2H2. The summed E-state index contributed by atoms with van der Waals surface area (Å²) in [5.41, 5.74) is 2.02. The molecular weight excluding hydrogens is 639 g/mol. The Hall–Kier alpha value is -4.42. The van der Waals surface area contributed by atoms with Crippen LogP contribution < -0.4 is 9.47 Å². The van der Waals surface area contributed by atoms with Crippen LogP contribution in [0.3, 0.4) is 0 Å². The van der Waals surface area contributed by atoms with Crippen molar-refractivity contribution in [3.8, 4) is 11.5 Å². The summed E-state index contributed by atoms with van der Waals surface area (Å²) in [5, 5.41) is 33.7. The van der Waals surface area contributed by atoms with Gasteiger partial charge in [0.25, 0.3) is 0 Å². The molecule has 2 aliphatic rings. The van der Waals surface area contributed by atoms with Crippen LogP contribution in [0.15, 0.2) is 72.8 Å². The number of ether oxygens (including phenoxy) is 2. The van der Waals surface area contributed by atoms with E-state index < -0.39 is 0 Å². The van der Waals surface area contributed by atoms with Gasteiger partial charge in [-0.05, 0) is 24.3 Å². The van der Waals surface area contributed by atoms with Gasteiger partial charge < -0.3 is 29.9 Å². The third kappa shape index (κ3) is 6.87. The highest BCUT2D eigenvalue weighted by atomic mass is 35.5. The van der Waals surface area contributed by atoms with Gasteiger partial charge >= 0.3 is 0 Å². The quantitative estimate of drug-likeness (QED) is 0.196. The van der Waals surface area contributed by atoms with Gasteiger partial charge in [0.2, 0.25) is 0 Å². The first-order chi connectivity index (χ1) is 22.2. The molecule has 0 atom stereocenters. The van der Waals surface area contributed by atoms with Crippen molar-refractivity contribution >= 4 is 46.3 Å². The number of ketones is 4. The Morgan fingerprint density at radius 3 is 1.07 bits per heavy atom. The van der Waals surface area contributed by atoms with Crippen molar-refractivity contribution in [2.75, 3.05) is 39.6 Å². The first kappa shape index (κ1) is 34.5. The third-order valence-electron chi connectivity index (χ3n) is 6.76. The van der Waals surface area contributed by atoms with Crippen LogP contribution in [0.2, 0.25) is 10.0 Å². The van der Waals surface area contributed by atoms with E-state index in [2.05, 4.69) is 0 Å². The zero-order chi connectivity index (χ0) is 33.4. The summed E-state index contributed by atoms with van der Waals surface area (Å²) in [6.45, 7) is -0.571. The molecule has 4 aromatic carbocycles. The predicted molar refractivity (Wildman–Crippen MR) is 169 cm³/mol. The number of carbonyl (C=O) groups is 4. The predicted octanol–water partition coefficient (Wildman–Crippen LogP) is 3.94. The van der Waals surface area contributed by atoms with Gasteiger partial charge in [-0.25, -0.2) is 0 Å². The van der Waals surface area contributed by atoms with Gasteiger partial charge in [-0.1, -0.05) is 71.7 Å². The van der Waals surface area contributed by atoms with Crippen LogP contribution in [-0.4, -0.2) is 83.2 Å². The Balaban J connectivity index is 0.000000193. The second-order valence-corrected chi connectivity index (χ2v) is 10.4. The lowest BCUT2D eigenvalue weighted by Gasteiger charge is -2.22. The van der Waals surface area contributed by atoms with Crippen LogP contribution in [0.25, 0.3) is 0 Å². The Morgan fingerprint density at radius 2 is 0.739 bits per heavy atom. The Morgan fingerprint density at radius 1 is 0.435 bits per heavy atom. The van der Waals surface area contributed by atoms with Crippen LogP contribution in [0, 0.1) is 0 Å². The van der Waals surface area contributed by atoms with Crippen LogP contribution in [-0.2, 0) is 0 Å². The van der Waals surface area contributed by atoms with Crippen molar-refractivity contribution in [2.45, 2.75) is 0 Å². The van der Waals surface area contributed by atoms with Crippen molar-refractivity contribution < 1.29 is 49.1 Å².